The van der Waals surface area contributed by atoms with E-state index in [0.717, 1.165) is 36.1 Å². The fraction of sp³-hybridized carbons (Fsp3) is 0.533. The Morgan fingerprint density at radius 1 is 1.32 bits per heavy atom. The molecule has 0 radical (unpaired) electrons. The van der Waals surface area contributed by atoms with Crippen molar-refractivity contribution in [3.63, 3.8) is 0 Å². The summed E-state index contributed by atoms with van der Waals surface area (Å²) >= 11 is 3.54. The van der Waals surface area contributed by atoms with Gasteiger partial charge in [-0.05, 0) is 43.4 Å². The monoisotopic (exact) mass is 325 g/mol. The second-order valence-corrected chi connectivity index (χ2v) is 5.97. The Kier molecular flexibility index (Phi) is 4.99. The van der Waals surface area contributed by atoms with Gasteiger partial charge >= 0.3 is 0 Å². The molecule has 2 rings (SSSR count). The molecule has 0 bridgehead atoms. The number of carbonyl (C=O) groups excluding carboxylic acids is 1. The molecule has 4 heteroatoms. The summed E-state index contributed by atoms with van der Waals surface area (Å²) in [6.45, 7) is 5.61. The SMILES string of the molecule is Cc1cc(CC(=O)NC2CCOCC2)cc(C)c1Br. The highest BCUT2D eigenvalue weighted by Gasteiger charge is 2.16. The lowest BCUT2D eigenvalue weighted by Crippen LogP contribution is -2.39. The zero-order valence-corrected chi connectivity index (χ0v) is 13.0. The third kappa shape index (κ3) is 4.05. The largest absolute Gasteiger partial charge is 0.381 e. The minimum Gasteiger partial charge on any atom is -0.381 e. The Balaban J connectivity index is 1.94. The Bertz CT molecular complexity index is 444. The van der Waals surface area contributed by atoms with Gasteiger partial charge in [0.05, 0.1) is 6.42 Å². The molecular formula is C15H20BrNO2. The number of ether oxygens (including phenoxy) is 1. The summed E-state index contributed by atoms with van der Waals surface area (Å²) in [5, 5.41) is 3.09. The first kappa shape index (κ1) is 14.5. The van der Waals surface area contributed by atoms with Crippen LogP contribution in [0.1, 0.15) is 29.5 Å². The first-order valence-corrected chi connectivity index (χ1v) is 7.48. The van der Waals surface area contributed by atoms with Gasteiger partial charge in [-0.2, -0.15) is 0 Å². The van der Waals surface area contributed by atoms with Crippen LogP contribution >= 0.6 is 15.9 Å². The molecule has 1 aromatic carbocycles. The molecule has 1 aliphatic rings. The molecule has 1 aromatic rings. The van der Waals surface area contributed by atoms with E-state index in [4.69, 9.17) is 4.74 Å². The van der Waals surface area contributed by atoms with Gasteiger partial charge in [-0.3, -0.25) is 4.79 Å². The van der Waals surface area contributed by atoms with E-state index < -0.39 is 0 Å². The number of hydrogen-bond donors (Lipinski definition) is 1. The van der Waals surface area contributed by atoms with Gasteiger partial charge in [0.25, 0.3) is 0 Å². The highest BCUT2D eigenvalue weighted by molar-refractivity contribution is 9.10. The summed E-state index contributed by atoms with van der Waals surface area (Å²) in [4.78, 5) is 12.0. The molecule has 1 saturated heterocycles. The molecule has 0 saturated carbocycles. The van der Waals surface area contributed by atoms with Crippen molar-refractivity contribution in [3.8, 4) is 0 Å². The van der Waals surface area contributed by atoms with Crippen LogP contribution in [0.25, 0.3) is 0 Å². The molecule has 104 valence electrons. The smallest absolute Gasteiger partial charge is 0.224 e. The highest BCUT2D eigenvalue weighted by Crippen LogP contribution is 2.22. The summed E-state index contributed by atoms with van der Waals surface area (Å²) in [7, 11) is 0. The van der Waals surface area contributed by atoms with Crippen LogP contribution in [0.15, 0.2) is 16.6 Å². The van der Waals surface area contributed by atoms with Crippen molar-refractivity contribution in [1.29, 1.82) is 0 Å². The van der Waals surface area contributed by atoms with Gasteiger partial charge in [-0.1, -0.05) is 28.1 Å². The Morgan fingerprint density at radius 3 is 2.47 bits per heavy atom. The normalized spacial score (nSPS) is 16.4. The standard InChI is InChI=1S/C15H20BrNO2/c1-10-7-12(8-11(2)15(10)16)9-14(18)17-13-3-5-19-6-4-13/h7-8,13H,3-6,9H2,1-2H3,(H,17,18). The number of nitrogens with one attached hydrogen (secondary N) is 1. The Hall–Kier alpha value is -0.870. The van der Waals surface area contributed by atoms with E-state index in [9.17, 15) is 4.79 Å². The molecule has 1 fully saturated rings. The van der Waals surface area contributed by atoms with Crippen LogP contribution in [-0.2, 0) is 16.0 Å². The molecule has 0 aliphatic carbocycles. The van der Waals surface area contributed by atoms with Gasteiger partial charge in [-0.25, -0.2) is 0 Å². The molecule has 0 spiro atoms. The number of amides is 1. The third-order valence-corrected chi connectivity index (χ3v) is 4.70. The Morgan fingerprint density at radius 2 is 1.89 bits per heavy atom. The van der Waals surface area contributed by atoms with Crippen LogP contribution < -0.4 is 5.32 Å². The van der Waals surface area contributed by atoms with Gasteiger partial charge in [-0.15, -0.1) is 0 Å². The van der Waals surface area contributed by atoms with E-state index in [1.807, 2.05) is 0 Å². The number of aryl methyl sites for hydroxylation is 2. The van der Waals surface area contributed by atoms with Crippen LogP contribution in [-0.4, -0.2) is 25.2 Å². The molecule has 1 aliphatic heterocycles. The van der Waals surface area contributed by atoms with E-state index in [-0.39, 0.29) is 11.9 Å². The average Bonchev–Trinajstić information content (AvgIpc) is 2.37. The molecule has 0 aromatic heterocycles. The third-order valence-electron chi connectivity index (χ3n) is 3.45. The molecule has 1 heterocycles. The fourth-order valence-corrected chi connectivity index (χ4v) is 2.67. The van der Waals surface area contributed by atoms with Gasteiger partial charge < -0.3 is 10.1 Å². The fourth-order valence-electron chi connectivity index (χ4n) is 2.44. The summed E-state index contributed by atoms with van der Waals surface area (Å²) in [5.41, 5.74) is 3.42. The van der Waals surface area contributed by atoms with Gasteiger partial charge in [0.15, 0.2) is 0 Å². The summed E-state index contributed by atoms with van der Waals surface area (Å²) in [6.07, 6.45) is 2.29. The molecule has 19 heavy (non-hydrogen) atoms. The molecule has 1 amide bonds. The summed E-state index contributed by atoms with van der Waals surface area (Å²) in [6, 6.07) is 4.42. The quantitative estimate of drug-likeness (QED) is 0.927. The van der Waals surface area contributed by atoms with Crippen LogP contribution in [0.3, 0.4) is 0 Å². The van der Waals surface area contributed by atoms with E-state index in [2.05, 4.69) is 47.2 Å². The zero-order valence-electron chi connectivity index (χ0n) is 11.5. The van der Waals surface area contributed by atoms with E-state index in [0.29, 0.717) is 6.42 Å². The summed E-state index contributed by atoms with van der Waals surface area (Å²) < 4.78 is 6.41. The number of rotatable bonds is 3. The van der Waals surface area contributed by atoms with Crippen molar-refractivity contribution in [3.05, 3.63) is 33.3 Å². The number of hydrogen-bond acceptors (Lipinski definition) is 2. The molecule has 0 unspecified atom stereocenters. The van der Waals surface area contributed by atoms with E-state index in [1.54, 1.807) is 0 Å². The predicted octanol–water partition coefficient (Wildman–Crippen LogP) is 2.90. The zero-order chi connectivity index (χ0) is 13.8. The van der Waals surface area contributed by atoms with Crippen molar-refractivity contribution < 1.29 is 9.53 Å². The van der Waals surface area contributed by atoms with Crippen LogP contribution in [0.2, 0.25) is 0 Å². The lowest BCUT2D eigenvalue weighted by molar-refractivity contribution is -0.121. The minimum absolute atomic E-state index is 0.105. The van der Waals surface area contributed by atoms with Crippen molar-refractivity contribution in [2.45, 2.75) is 39.2 Å². The maximum absolute atomic E-state index is 12.0. The van der Waals surface area contributed by atoms with Crippen molar-refractivity contribution in [1.82, 2.24) is 5.32 Å². The van der Waals surface area contributed by atoms with E-state index >= 15 is 0 Å². The highest BCUT2D eigenvalue weighted by atomic mass is 79.9. The van der Waals surface area contributed by atoms with Crippen LogP contribution in [0.5, 0.6) is 0 Å². The average molecular weight is 326 g/mol. The van der Waals surface area contributed by atoms with Crippen LogP contribution in [0.4, 0.5) is 0 Å². The van der Waals surface area contributed by atoms with Gasteiger partial charge in [0, 0.05) is 23.7 Å². The van der Waals surface area contributed by atoms with Crippen molar-refractivity contribution in [2.75, 3.05) is 13.2 Å². The first-order chi connectivity index (χ1) is 9.06. The molecule has 0 atom stereocenters. The topological polar surface area (TPSA) is 38.3 Å². The van der Waals surface area contributed by atoms with Crippen LogP contribution in [0, 0.1) is 13.8 Å². The van der Waals surface area contributed by atoms with Crippen molar-refractivity contribution >= 4 is 21.8 Å². The second-order valence-electron chi connectivity index (χ2n) is 5.17. The van der Waals surface area contributed by atoms with Crippen molar-refractivity contribution in [2.24, 2.45) is 0 Å². The second kappa shape index (κ2) is 6.53. The predicted molar refractivity (Wildman–Crippen MR) is 79.3 cm³/mol. The maximum Gasteiger partial charge on any atom is 0.224 e. The molecule has 3 nitrogen and oxygen atoms in total. The maximum atomic E-state index is 12.0. The van der Waals surface area contributed by atoms with Gasteiger partial charge in [0.2, 0.25) is 5.91 Å². The lowest BCUT2D eigenvalue weighted by atomic mass is 10.0. The summed E-state index contributed by atoms with van der Waals surface area (Å²) in [5.74, 6) is 0.105. The molecule has 1 N–H and O–H groups in total. The number of halogens is 1. The Labute approximate surface area is 122 Å². The minimum atomic E-state index is 0.105. The van der Waals surface area contributed by atoms with E-state index in [1.165, 1.54) is 11.1 Å². The first-order valence-electron chi connectivity index (χ1n) is 6.69. The van der Waals surface area contributed by atoms with Gasteiger partial charge in [0.1, 0.15) is 0 Å². The molecular weight excluding hydrogens is 306 g/mol. The lowest BCUT2D eigenvalue weighted by Gasteiger charge is -2.23. The number of carbonyl (C=O) groups is 1. The number of benzene rings is 1.